The minimum atomic E-state index is 1.19. The molecule has 2 aromatic rings. The van der Waals surface area contributed by atoms with Crippen molar-refractivity contribution < 1.29 is 9.97 Å². The second-order valence-electron chi connectivity index (χ2n) is 4.47. The van der Waals surface area contributed by atoms with Gasteiger partial charge in [0.05, 0.1) is 0 Å². The van der Waals surface area contributed by atoms with Gasteiger partial charge >= 0.3 is 0 Å². The van der Waals surface area contributed by atoms with Crippen LogP contribution in [-0.4, -0.2) is 0 Å². The van der Waals surface area contributed by atoms with E-state index in [1.54, 1.807) is 0 Å². The number of hydrogen-bond donors (Lipinski definition) is 0. The number of aryl methyl sites for hydroxylation is 4. The number of aromatic nitrogens is 2. The maximum absolute atomic E-state index is 3.30. The molecule has 2 aromatic heterocycles. The molecule has 16 heavy (non-hydrogen) atoms. The lowest BCUT2D eigenvalue weighted by Gasteiger charge is -2.01. The van der Waals surface area contributed by atoms with E-state index in [2.05, 4.69) is 61.9 Å². The Labute approximate surface area is 96.4 Å². The van der Waals surface area contributed by atoms with Crippen molar-refractivity contribution in [3.63, 3.8) is 0 Å². The Kier molecular flexibility index (Phi) is 2.73. The maximum atomic E-state index is 3.30. The third-order valence-electron chi connectivity index (χ3n) is 2.61. The number of hydrogen-bond acceptors (Lipinski definition) is 0. The molecule has 0 aromatic carbocycles. The molecule has 0 aliphatic carbocycles. The van der Waals surface area contributed by atoms with Crippen molar-refractivity contribution in [1.29, 1.82) is 0 Å². The maximum Gasteiger partial charge on any atom is 0.177 e. The summed E-state index contributed by atoms with van der Waals surface area (Å²) in [5.41, 5.74) is 7.32. The van der Waals surface area contributed by atoms with Crippen LogP contribution >= 0.6 is 0 Å². The topological polar surface area (TPSA) is 28.3 Å². The van der Waals surface area contributed by atoms with Crippen LogP contribution < -0.4 is 9.97 Å². The summed E-state index contributed by atoms with van der Waals surface area (Å²) in [5.74, 6) is 0. The van der Waals surface area contributed by atoms with Crippen molar-refractivity contribution >= 4 is 0 Å². The average Bonchev–Trinajstić information content (AvgIpc) is 2.14. The summed E-state index contributed by atoms with van der Waals surface area (Å²) in [6.07, 6.45) is 0. The molecule has 0 atom stereocenters. The molecule has 0 aliphatic heterocycles. The molecule has 0 saturated heterocycles. The van der Waals surface area contributed by atoms with Gasteiger partial charge in [-0.1, -0.05) is 0 Å². The highest BCUT2D eigenvalue weighted by atomic mass is 14.7. The van der Waals surface area contributed by atoms with E-state index < -0.39 is 0 Å². The van der Waals surface area contributed by atoms with Gasteiger partial charge in [-0.15, -0.1) is 0 Å². The molecular weight excluding hydrogens is 196 g/mol. The van der Waals surface area contributed by atoms with Crippen LogP contribution in [0, 0.1) is 27.7 Å². The summed E-state index contributed by atoms with van der Waals surface area (Å²) in [7, 11) is 0. The van der Waals surface area contributed by atoms with Crippen molar-refractivity contribution in [2.45, 2.75) is 27.7 Å². The first-order chi connectivity index (χ1) is 7.54. The van der Waals surface area contributed by atoms with Crippen molar-refractivity contribution in [2.24, 2.45) is 0 Å². The van der Waals surface area contributed by atoms with Gasteiger partial charge in [0.15, 0.2) is 22.8 Å². The third-order valence-corrected chi connectivity index (χ3v) is 2.61. The Bertz CT molecular complexity index is 440. The van der Waals surface area contributed by atoms with Gasteiger partial charge in [0.2, 0.25) is 0 Å². The fourth-order valence-corrected chi connectivity index (χ4v) is 2.12. The predicted molar refractivity (Wildman–Crippen MR) is 63.9 cm³/mol. The molecule has 2 rings (SSSR count). The highest BCUT2D eigenvalue weighted by Gasteiger charge is 2.08. The van der Waals surface area contributed by atoms with Gasteiger partial charge < -0.3 is 0 Å². The molecule has 0 amide bonds. The van der Waals surface area contributed by atoms with Crippen molar-refractivity contribution in [1.82, 2.24) is 0 Å². The van der Waals surface area contributed by atoms with Gasteiger partial charge in [-0.05, 0) is 11.1 Å². The molecule has 2 N–H and O–H groups in total. The second kappa shape index (κ2) is 4.05. The van der Waals surface area contributed by atoms with E-state index in [9.17, 15) is 0 Å². The van der Waals surface area contributed by atoms with E-state index in [1.165, 1.54) is 33.9 Å². The third kappa shape index (κ3) is 2.27. The van der Waals surface area contributed by atoms with Crippen LogP contribution in [0.25, 0.3) is 11.1 Å². The van der Waals surface area contributed by atoms with Crippen molar-refractivity contribution in [2.75, 3.05) is 0 Å². The van der Waals surface area contributed by atoms with E-state index in [-0.39, 0.29) is 0 Å². The van der Waals surface area contributed by atoms with Gasteiger partial charge in [0.1, 0.15) is 0 Å². The summed E-state index contributed by atoms with van der Waals surface area (Å²) < 4.78 is 0. The second-order valence-corrected chi connectivity index (χ2v) is 4.47. The monoisotopic (exact) mass is 214 g/mol. The first-order valence-corrected chi connectivity index (χ1v) is 5.56. The van der Waals surface area contributed by atoms with Crippen LogP contribution in [0.2, 0.25) is 0 Å². The number of pyridine rings is 2. The zero-order valence-corrected chi connectivity index (χ0v) is 10.3. The molecule has 0 bridgehead atoms. The van der Waals surface area contributed by atoms with E-state index in [4.69, 9.17) is 0 Å². The molecule has 2 nitrogen and oxygen atoms in total. The van der Waals surface area contributed by atoms with E-state index in [0.29, 0.717) is 0 Å². The Balaban J connectivity index is 2.57. The fourth-order valence-electron chi connectivity index (χ4n) is 2.12. The highest BCUT2D eigenvalue weighted by molar-refractivity contribution is 5.63. The first kappa shape index (κ1) is 10.8. The summed E-state index contributed by atoms with van der Waals surface area (Å²) in [6, 6.07) is 8.73. The molecule has 0 radical (unpaired) electrons. The molecule has 2 heteroatoms. The van der Waals surface area contributed by atoms with Crippen LogP contribution in [-0.2, 0) is 0 Å². The lowest BCUT2D eigenvalue weighted by atomic mass is 10.0. The van der Waals surface area contributed by atoms with Crippen LogP contribution in [0.1, 0.15) is 22.8 Å². The number of aromatic amines is 2. The van der Waals surface area contributed by atoms with E-state index >= 15 is 0 Å². The lowest BCUT2D eigenvalue weighted by Crippen LogP contribution is -2.13. The zero-order chi connectivity index (χ0) is 11.7. The summed E-state index contributed by atoms with van der Waals surface area (Å²) >= 11 is 0. The van der Waals surface area contributed by atoms with Gasteiger partial charge in [-0.25, -0.2) is 9.97 Å². The predicted octanol–water partition coefficient (Wildman–Crippen LogP) is 2.22. The van der Waals surface area contributed by atoms with Gasteiger partial charge in [0, 0.05) is 52.0 Å². The minimum Gasteiger partial charge on any atom is -0.213 e. The molecule has 0 unspecified atom stereocenters. The van der Waals surface area contributed by atoms with E-state index in [1.807, 2.05) is 0 Å². The van der Waals surface area contributed by atoms with Gasteiger partial charge in [-0.3, -0.25) is 0 Å². The minimum absolute atomic E-state index is 1.19. The van der Waals surface area contributed by atoms with Gasteiger partial charge in [0.25, 0.3) is 0 Å². The summed E-state index contributed by atoms with van der Waals surface area (Å²) in [6.45, 7) is 8.35. The molecule has 2 heterocycles. The van der Waals surface area contributed by atoms with Gasteiger partial charge in [-0.2, -0.15) is 0 Å². The SMILES string of the molecule is Cc1cc(-c2cc(C)[nH+]c(C)c2)cc(C)[nH+]1. The summed E-state index contributed by atoms with van der Waals surface area (Å²) in [4.78, 5) is 6.60. The van der Waals surface area contributed by atoms with Crippen LogP contribution in [0.15, 0.2) is 24.3 Å². The Morgan fingerprint density at radius 2 is 0.812 bits per heavy atom. The van der Waals surface area contributed by atoms with E-state index in [0.717, 1.165) is 0 Å². The average molecular weight is 214 g/mol. The van der Waals surface area contributed by atoms with Crippen LogP contribution in [0.4, 0.5) is 0 Å². The van der Waals surface area contributed by atoms with Crippen LogP contribution in [0.3, 0.4) is 0 Å². The molecule has 0 aliphatic rings. The Morgan fingerprint density at radius 1 is 0.562 bits per heavy atom. The number of rotatable bonds is 1. The fraction of sp³-hybridized carbons (Fsp3) is 0.286. The largest absolute Gasteiger partial charge is 0.213 e. The number of nitrogens with one attached hydrogen (secondary N) is 2. The van der Waals surface area contributed by atoms with Crippen LogP contribution in [0.5, 0.6) is 0 Å². The highest BCUT2D eigenvalue weighted by Crippen LogP contribution is 2.19. The molecule has 0 saturated carbocycles. The lowest BCUT2D eigenvalue weighted by molar-refractivity contribution is -0.397. The molecular formula is C14H18N2+2. The first-order valence-electron chi connectivity index (χ1n) is 5.56. The van der Waals surface area contributed by atoms with Crippen molar-refractivity contribution in [3.05, 3.63) is 47.0 Å². The molecule has 0 spiro atoms. The standard InChI is InChI=1S/C14H16N2/c1-9-5-13(6-10(2)15-9)14-7-11(3)16-12(4)8-14/h5-8H,1-4H3/p+2. The normalized spacial score (nSPS) is 10.5. The smallest absolute Gasteiger partial charge is 0.177 e. The van der Waals surface area contributed by atoms with Crippen molar-refractivity contribution in [3.8, 4) is 11.1 Å². The quantitative estimate of drug-likeness (QED) is 0.696. The Morgan fingerprint density at radius 3 is 1.06 bits per heavy atom. The number of H-pyrrole nitrogens is 2. The zero-order valence-electron chi connectivity index (χ0n) is 10.3. The summed E-state index contributed by atoms with van der Waals surface area (Å²) in [5, 5.41) is 0. The Hall–Kier alpha value is -1.70. The molecule has 0 fully saturated rings. The molecule has 82 valence electrons.